The third-order valence-corrected chi connectivity index (χ3v) is 4.35. The average Bonchev–Trinajstić information content (AvgIpc) is 2.46. The van der Waals surface area contributed by atoms with E-state index < -0.39 is 21.8 Å². The van der Waals surface area contributed by atoms with Crippen LogP contribution in [0, 0.1) is 5.82 Å². The van der Waals surface area contributed by atoms with Crippen LogP contribution >= 0.6 is 0 Å². The summed E-state index contributed by atoms with van der Waals surface area (Å²) < 4.78 is 45.4. The summed E-state index contributed by atoms with van der Waals surface area (Å²) >= 11 is 0. The number of carbonyl (C=O) groups is 1. The van der Waals surface area contributed by atoms with Crippen LogP contribution in [0.5, 0.6) is 5.75 Å². The van der Waals surface area contributed by atoms with Gasteiger partial charge in [-0.2, -0.15) is 0 Å². The minimum absolute atomic E-state index is 0.0516. The number of sulfonamides is 1. The Bertz CT molecular complexity index is 836. The largest absolute Gasteiger partial charge is 0.495 e. The van der Waals surface area contributed by atoms with Crippen LogP contribution in [0.25, 0.3) is 0 Å². The third-order valence-electron chi connectivity index (χ3n) is 2.95. The van der Waals surface area contributed by atoms with Crippen LogP contribution < -0.4 is 9.46 Å². The molecule has 0 fully saturated rings. The predicted molar refractivity (Wildman–Crippen MR) is 81.5 cm³/mol. The van der Waals surface area contributed by atoms with Gasteiger partial charge < -0.3 is 9.84 Å². The molecule has 6 nitrogen and oxygen atoms in total. The molecule has 0 aliphatic rings. The lowest BCUT2D eigenvalue weighted by Gasteiger charge is -2.13. The quantitative estimate of drug-likeness (QED) is 0.842. The Morgan fingerprint density at radius 1 is 1.26 bits per heavy atom. The van der Waals surface area contributed by atoms with Crippen molar-refractivity contribution in [1.82, 2.24) is 0 Å². The van der Waals surface area contributed by atoms with Crippen molar-refractivity contribution in [2.45, 2.75) is 11.3 Å². The molecule has 0 heterocycles. The highest BCUT2D eigenvalue weighted by molar-refractivity contribution is 7.92. The maximum atomic E-state index is 13.2. The van der Waals surface area contributed by atoms with E-state index in [4.69, 9.17) is 9.84 Å². The number of hydrogen-bond acceptors (Lipinski definition) is 4. The highest BCUT2D eigenvalue weighted by Crippen LogP contribution is 2.27. The molecule has 2 N–H and O–H groups in total. The lowest BCUT2D eigenvalue weighted by molar-refractivity contribution is -0.136. The van der Waals surface area contributed by atoms with Crippen molar-refractivity contribution >= 4 is 21.7 Å². The Morgan fingerprint density at radius 2 is 2.00 bits per heavy atom. The number of nitrogens with one attached hydrogen (secondary N) is 1. The van der Waals surface area contributed by atoms with Crippen LogP contribution in [0.15, 0.2) is 47.4 Å². The summed E-state index contributed by atoms with van der Waals surface area (Å²) in [6.45, 7) is 0. The molecule has 0 saturated heterocycles. The summed E-state index contributed by atoms with van der Waals surface area (Å²) in [6.07, 6.45) is -0.327. The van der Waals surface area contributed by atoms with Crippen molar-refractivity contribution in [2.75, 3.05) is 11.8 Å². The number of benzene rings is 2. The molecule has 0 aliphatic heterocycles. The molecule has 0 bridgehead atoms. The number of aliphatic carboxylic acids is 1. The zero-order valence-electron chi connectivity index (χ0n) is 12.1. The zero-order valence-corrected chi connectivity index (χ0v) is 12.9. The second-order valence-corrected chi connectivity index (χ2v) is 6.32. The summed E-state index contributed by atoms with van der Waals surface area (Å²) in [7, 11) is -2.77. The minimum Gasteiger partial charge on any atom is -0.495 e. The Balaban J connectivity index is 2.42. The van der Waals surface area contributed by atoms with Crippen LogP contribution in [0.3, 0.4) is 0 Å². The predicted octanol–water partition coefficient (Wildman–Crippen LogP) is 2.26. The zero-order chi connectivity index (χ0) is 17.0. The summed E-state index contributed by atoms with van der Waals surface area (Å²) in [6, 6.07) is 9.04. The van der Waals surface area contributed by atoms with E-state index in [1.165, 1.54) is 43.5 Å². The number of carboxylic acid groups (broad SMARTS) is 1. The number of ether oxygens (including phenoxy) is 1. The van der Waals surface area contributed by atoms with E-state index in [0.717, 1.165) is 6.07 Å². The van der Waals surface area contributed by atoms with Crippen LogP contribution in [0.2, 0.25) is 0 Å². The Hall–Kier alpha value is -2.61. The van der Waals surface area contributed by atoms with Gasteiger partial charge in [0.1, 0.15) is 16.5 Å². The summed E-state index contributed by atoms with van der Waals surface area (Å²) in [4.78, 5) is 10.6. The first-order valence-electron chi connectivity index (χ1n) is 6.49. The molecule has 122 valence electrons. The molecule has 2 rings (SSSR count). The summed E-state index contributed by atoms with van der Waals surface area (Å²) in [5, 5.41) is 8.81. The Morgan fingerprint density at radius 3 is 2.61 bits per heavy atom. The molecular weight excluding hydrogens is 325 g/mol. The second-order valence-electron chi connectivity index (χ2n) is 4.67. The molecular formula is C15H14FNO5S. The fourth-order valence-corrected chi connectivity index (χ4v) is 3.25. The fourth-order valence-electron chi connectivity index (χ4n) is 1.98. The highest BCUT2D eigenvalue weighted by Gasteiger charge is 2.21. The monoisotopic (exact) mass is 339 g/mol. The van der Waals surface area contributed by atoms with Crippen LogP contribution in [0.1, 0.15) is 5.56 Å². The van der Waals surface area contributed by atoms with Crippen molar-refractivity contribution in [1.29, 1.82) is 0 Å². The van der Waals surface area contributed by atoms with Gasteiger partial charge in [0.05, 0.1) is 19.2 Å². The van der Waals surface area contributed by atoms with Crippen molar-refractivity contribution in [3.8, 4) is 5.75 Å². The van der Waals surface area contributed by atoms with Crippen molar-refractivity contribution in [2.24, 2.45) is 0 Å². The van der Waals surface area contributed by atoms with E-state index in [2.05, 4.69) is 4.72 Å². The lowest BCUT2D eigenvalue weighted by atomic mass is 10.1. The van der Waals surface area contributed by atoms with Gasteiger partial charge in [0.2, 0.25) is 0 Å². The topological polar surface area (TPSA) is 92.7 Å². The van der Waals surface area contributed by atoms with Gasteiger partial charge in [-0.05, 0) is 35.9 Å². The van der Waals surface area contributed by atoms with Gasteiger partial charge in [0, 0.05) is 0 Å². The fraction of sp³-hybridized carbons (Fsp3) is 0.133. The average molecular weight is 339 g/mol. The van der Waals surface area contributed by atoms with E-state index in [9.17, 15) is 17.6 Å². The Kier molecular flexibility index (Phi) is 4.85. The number of hydrogen-bond donors (Lipinski definition) is 2. The van der Waals surface area contributed by atoms with E-state index >= 15 is 0 Å². The van der Waals surface area contributed by atoms with E-state index in [1.54, 1.807) is 0 Å². The standard InChI is InChI=1S/C15H14FNO5S/c1-22-13-6-5-10(8-15(18)19)7-14(13)23(20,21)17-12-4-2-3-11(16)9-12/h2-7,9,17H,8H2,1H3,(H,18,19). The maximum Gasteiger partial charge on any atom is 0.307 e. The number of halogens is 1. The van der Waals surface area contributed by atoms with Crippen molar-refractivity contribution in [3.63, 3.8) is 0 Å². The minimum atomic E-state index is -4.07. The molecule has 23 heavy (non-hydrogen) atoms. The molecule has 0 aromatic heterocycles. The molecule has 2 aromatic rings. The van der Waals surface area contributed by atoms with Gasteiger partial charge >= 0.3 is 5.97 Å². The first kappa shape index (κ1) is 16.8. The number of anilines is 1. The molecule has 0 spiro atoms. The van der Waals surface area contributed by atoms with E-state index in [1.807, 2.05) is 0 Å². The number of carboxylic acids is 1. The molecule has 0 aliphatic carbocycles. The third kappa shape index (κ3) is 4.19. The van der Waals surface area contributed by atoms with Gasteiger partial charge in [0.25, 0.3) is 10.0 Å². The van der Waals surface area contributed by atoms with Crippen LogP contribution in [-0.2, 0) is 21.2 Å². The van der Waals surface area contributed by atoms with Crippen LogP contribution in [-0.4, -0.2) is 26.6 Å². The van der Waals surface area contributed by atoms with Crippen molar-refractivity contribution in [3.05, 3.63) is 53.8 Å². The molecule has 2 aromatic carbocycles. The van der Waals surface area contributed by atoms with Crippen molar-refractivity contribution < 1.29 is 27.4 Å². The first-order chi connectivity index (χ1) is 10.8. The van der Waals surface area contributed by atoms with Crippen LogP contribution in [0.4, 0.5) is 10.1 Å². The normalized spacial score (nSPS) is 11.0. The van der Waals surface area contributed by atoms with Gasteiger partial charge in [-0.1, -0.05) is 12.1 Å². The van der Waals surface area contributed by atoms with E-state index in [-0.39, 0.29) is 22.8 Å². The van der Waals surface area contributed by atoms with Gasteiger partial charge in [-0.25, -0.2) is 12.8 Å². The molecule has 0 unspecified atom stereocenters. The molecule has 0 saturated carbocycles. The smallest absolute Gasteiger partial charge is 0.307 e. The highest BCUT2D eigenvalue weighted by atomic mass is 32.2. The van der Waals surface area contributed by atoms with Gasteiger partial charge in [0.15, 0.2) is 0 Å². The van der Waals surface area contributed by atoms with E-state index in [0.29, 0.717) is 5.56 Å². The maximum absolute atomic E-state index is 13.2. The van der Waals surface area contributed by atoms with Gasteiger partial charge in [-0.15, -0.1) is 0 Å². The molecule has 0 radical (unpaired) electrons. The second kappa shape index (κ2) is 6.66. The SMILES string of the molecule is COc1ccc(CC(=O)O)cc1S(=O)(=O)Nc1cccc(F)c1. The Labute approximate surface area is 132 Å². The summed E-state index contributed by atoms with van der Waals surface area (Å²) in [5.41, 5.74) is 0.355. The molecule has 8 heteroatoms. The summed E-state index contributed by atoms with van der Waals surface area (Å²) in [5.74, 6) is -1.61. The number of rotatable bonds is 6. The molecule has 0 amide bonds. The van der Waals surface area contributed by atoms with Gasteiger partial charge in [-0.3, -0.25) is 9.52 Å². The molecule has 0 atom stereocenters. The lowest BCUT2D eigenvalue weighted by Crippen LogP contribution is -2.15. The first-order valence-corrected chi connectivity index (χ1v) is 7.97. The number of methoxy groups -OCH3 is 1.